The number of carbonyl (C=O) groups excluding carboxylic acids is 1. The molecule has 4 nitrogen and oxygen atoms in total. The van der Waals surface area contributed by atoms with Crippen molar-refractivity contribution in [1.29, 1.82) is 0 Å². The van der Waals surface area contributed by atoms with E-state index in [1.54, 1.807) is 0 Å². The van der Waals surface area contributed by atoms with Crippen LogP contribution in [0.2, 0.25) is 0 Å². The molecule has 20 heavy (non-hydrogen) atoms. The minimum Gasteiger partial charge on any atom is -0.325 e. The summed E-state index contributed by atoms with van der Waals surface area (Å²) < 4.78 is 1.01. The lowest BCUT2D eigenvalue weighted by atomic mass is 10.0. The van der Waals surface area contributed by atoms with E-state index in [4.69, 9.17) is 0 Å². The summed E-state index contributed by atoms with van der Waals surface area (Å²) in [7, 11) is 0. The van der Waals surface area contributed by atoms with E-state index in [-0.39, 0.29) is 5.91 Å². The monoisotopic (exact) mass is 339 g/mol. The van der Waals surface area contributed by atoms with Gasteiger partial charge in [0.1, 0.15) is 0 Å². The molecule has 1 amide bonds. The number of benzene rings is 1. The highest BCUT2D eigenvalue weighted by Crippen LogP contribution is 2.15. The third kappa shape index (κ3) is 4.58. The van der Waals surface area contributed by atoms with Crippen LogP contribution in [0.25, 0.3) is 0 Å². The first-order valence-corrected chi connectivity index (χ1v) is 7.98. The molecule has 110 valence electrons. The Morgan fingerprint density at radius 3 is 2.60 bits per heavy atom. The molecule has 2 N–H and O–H groups in total. The normalized spacial score (nSPS) is 16.4. The highest BCUT2D eigenvalue weighted by Gasteiger charge is 2.21. The Bertz CT molecular complexity index is 429. The average Bonchev–Trinajstić information content (AvgIpc) is 2.48. The van der Waals surface area contributed by atoms with Gasteiger partial charge in [-0.15, -0.1) is 0 Å². The van der Waals surface area contributed by atoms with Crippen molar-refractivity contribution in [3.05, 3.63) is 28.7 Å². The van der Waals surface area contributed by atoms with Crippen LogP contribution in [0.15, 0.2) is 28.7 Å². The van der Waals surface area contributed by atoms with Crippen LogP contribution in [-0.2, 0) is 4.79 Å². The van der Waals surface area contributed by atoms with Crippen molar-refractivity contribution < 1.29 is 4.79 Å². The maximum absolute atomic E-state index is 12.1. The third-order valence-electron chi connectivity index (χ3n) is 3.71. The lowest BCUT2D eigenvalue weighted by Gasteiger charge is -2.33. The van der Waals surface area contributed by atoms with Gasteiger partial charge in [0.05, 0.1) is 6.54 Å². The van der Waals surface area contributed by atoms with E-state index < -0.39 is 0 Å². The lowest BCUT2D eigenvalue weighted by Crippen LogP contribution is -2.46. The smallest absolute Gasteiger partial charge is 0.238 e. The van der Waals surface area contributed by atoms with Crippen molar-refractivity contribution in [2.45, 2.75) is 25.8 Å². The van der Waals surface area contributed by atoms with Crippen molar-refractivity contribution in [3.63, 3.8) is 0 Å². The van der Waals surface area contributed by atoms with Gasteiger partial charge in [0.15, 0.2) is 0 Å². The molecule has 1 heterocycles. The third-order valence-corrected chi connectivity index (χ3v) is 4.23. The van der Waals surface area contributed by atoms with Gasteiger partial charge in [0, 0.05) is 16.2 Å². The first-order valence-electron chi connectivity index (χ1n) is 7.19. The molecule has 0 radical (unpaired) electrons. The highest BCUT2D eigenvalue weighted by atomic mass is 79.9. The van der Waals surface area contributed by atoms with Crippen LogP contribution in [0, 0.1) is 0 Å². The molecule has 0 bridgehead atoms. The Hall–Kier alpha value is -0.910. The number of amides is 1. The first-order chi connectivity index (χ1) is 9.69. The fourth-order valence-electron chi connectivity index (χ4n) is 2.59. The molecular weight excluding hydrogens is 318 g/mol. The maximum atomic E-state index is 12.1. The minimum absolute atomic E-state index is 0.0627. The fourth-order valence-corrected chi connectivity index (χ4v) is 2.85. The van der Waals surface area contributed by atoms with Crippen molar-refractivity contribution in [3.8, 4) is 0 Å². The number of anilines is 1. The summed E-state index contributed by atoms with van der Waals surface area (Å²) in [5.41, 5.74) is 0.847. The number of halogens is 1. The molecule has 2 rings (SSSR count). The van der Waals surface area contributed by atoms with E-state index in [1.165, 1.54) is 0 Å². The van der Waals surface area contributed by atoms with E-state index in [1.807, 2.05) is 24.3 Å². The summed E-state index contributed by atoms with van der Waals surface area (Å²) in [5.74, 6) is 0.0627. The van der Waals surface area contributed by atoms with Crippen LogP contribution in [0.4, 0.5) is 5.69 Å². The van der Waals surface area contributed by atoms with Crippen molar-refractivity contribution in [2.24, 2.45) is 0 Å². The van der Waals surface area contributed by atoms with E-state index in [9.17, 15) is 4.79 Å². The first kappa shape index (κ1) is 15.5. The summed E-state index contributed by atoms with van der Waals surface area (Å²) in [6, 6.07) is 8.20. The lowest BCUT2D eigenvalue weighted by molar-refractivity contribution is -0.118. The zero-order valence-corrected chi connectivity index (χ0v) is 13.4. The molecule has 1 saturated heterocycles. The Kier molecular flexibility index (Phi) is 6.01. The van der Waals surface area contributed by atoms with Crippen LogP contribution in [0.1, 0.15) is 19.8 Å². The number of rotatable bonds is 5. The Morgan fingerprint density at radius 1 is 1.35 bits per heavy atom. The van der Waals surface area contributed by atoms with Crippen LogP contribution in [0.5, 0.6) is 0 Å². The molecule has 1 aromatic rings. The second kappa shape index (κ2) is 7.76. The van der Waals surface area contributed by atoms with E-state index in [0.717, 1.165) is 42.6 Å². The minimum atomic E-state index is 0.0627. The molecular formula is C15H22BrN3O. The molecule has 0 unspecified atom stereocenters. The topological polar surface area (TPSA) is 44.4 Å². The van der Waals surface area contributed by atoms with Gasteiger partial charge in [-0.3, -0.25) is 9.69 Å². The Labute approximate surface area is 129 Å². The van der Waals surface area contributed by atoms with Crippen LogP contribution in [-0.4, -0.2) is 43.0 Å². The summed E-state index contributed by atoms with van der Waals surface area (Å²) >= 11 is 3.39. The van der Waals surface area contributed by atoms with Gasteiger partial charge in [0.25, 0.3) is 0 Å². The fraction of sp³-hybridized carbons (Fsp3) is 0.533. The molecule has 0 spiro atoms. The molecule has 1 aliphatic rings. The molecule has 0 aromatic heterocycles. The molecule has 1 aliphatic heterocycles. The van der Waals surface area contributed by atoms with Crippen molar-refractivity contribution in [2.75, 3.05) is 31.5 Å². The van der Waals surface area contributed by atoms with Gasteiger partial charge in [-0.05, 0) is 56.7 Å². The van der Waals surface area contributed by atoms with Crippen molar-refractivity contribution in [1.82, 2.24) is 10.2 Å². The molecule has 1 fully saturated rings. The SMILES string of the molecule is CCN(CC(=O)Nc1ccc(Br)cc1)C1CCNCC1. The Balaban J connectivity index is 1.86. The van der Waals surface area contributed by atoms with E-state index in [2.05, 4.69) is 38.4 Å². The summed E-state index contributed by atoms with van der Waals surface area (Å²) in [4.78, 5) is 14.4. The predicted octanol–water partition coefficient (Wildman–Crippen LogP) is 2.46. The zero-order chi connectivity index (χ0) is 14.4. The molecule has 0 aliphatic carbocycles. The zero-order valence-electron chi connectivity index (χ0n) is 11.9. The number of nitrogens with one attached hydrogen (secondary N) is 2. The van der Waals surface area contributed by atoms with E-state index in [0.29, 0.717) is 12.6 Å². The number of piperidine rings is 1. The molecule has 1 aromatic carbocycles. The van der Waals surface area contributed by atoms with Gasteiger partial charge >= 0.3 is 0 Å². The highest BCUT2D eigenvalue weighted by molar-refractivity contribution is 9.10. The van der Waals surface area contributed by atoms with Gasteiger partial charge in [-0.25, -0.2) is 0 Å². The van der Waals surface area contributed by atoms with Gasteiger partial charge in [0.2, 0.25) is 5.91 Å². The maximum Gasteiger partial charge on any atom is 0.238 e. The van der Waals surface area contributed by atoms with E-state index >= 15 is 0 Å². The molecule has 0 atom stereocenters. The molecule has 0 saturated carbocycles. The number of hydrogen-bond acceptors (Lipinski definition) is 3. The van der Waals surface area contributed by atoms with Gasteiger partial charge in [-0.1, -0.05) is 22.9 Å². The quantitative estimate of drug-likeness (QED) is 0.866. The van der Waals surface area contributed by atoms with Crippen LogP contribution in [0.3, 0.4) is 0 Å². The largest absolute Gasteiger partial charge is 0.325 e. The predicted molar refractivity (Wildman–Crippen MR) is 85.9 cm³/mol. The summed E-state index contributed by atoms with van der Waals surface area (Å²) in [6.45, 7) is 5.61. The van der Waals surface area contributed by atoms with Gasteiger partial charge in [-0.2, -0.15) is 0 Å². The average molecular weight is 340 g/mol. The number of nitrogens with zero attached hydrogens (tertiary/aromatic N) is 1. The second-order valence-electron chi connectivity index (χ2n) is 5.10. The summed E-state index contributed by atoms with van der Waals surface area (Å²) in [6.07, 6.45) is 2.25. The number of hydrogen-bond donors (Lipinski definition) is 2. The van der Waals surface area contributed by atoms with Gasteiger partial charge < -0.3 is 10.6 Å². The van der Waals surface area contributed by atoms with Crippen molar-refractivity contribution >= 4 is 27.5 Å². The van der Waals surface area contributed by atoms with Crippen LogP contribution < -0.4 is 10.6 Å². The van der Waals surface area contributed by atoms with Crippen LogP contribution >= 0.6 is 15.9 Å². The molecule has 5 heteroatoms. The summed E-state index contributed by atoms with van der Waals surface area (Å²) in [5, 5.41) is 6.32. The Morgan fingerprint density at radius 2 is 2.00 bits per heavy atom. The standard InChI is InChI=1S/C15H22BrN3O/c1-2-19(14-7-9-17-10-8-14)11-15(20)18-13-5-3-12(16)4-6-13/h3-6,14,17H,2,7-11H2,1H3,(H,18,20). The number of likely N-dealkylation sites (N-methyl/N-ethyl adjacent to an activating group) is 1. The number of carbonyl (C=O) groups is 1. The second-order valence-corrected chi connectivity index (χ2v) is 6.02.